The molecule has 2 aliphatic rings. The molecule has 0 radical (unpaired) electrons. The van der Waals surface area contributed by atoms with E-state index in [1.165, 1.54) is 12.8 Å². The van der Waals surface area contributed by atoms with Gasteiger partial charge in [0.25, 0.3) is 0 Å². The summed E-state index contributed by atoms with van der Waals surface area (Å²) >= 11 is 0. The average molecular weight is 214 g/mol. The van der Waals surface area contributed by atoms with Crippen molar-refractivity contribution in [2.45, 2.75) is 31.9 Å². The van der Waals surface area contributed by atoms with Crippen molar-refractivity contribution in [1.82, 2.24) is 10.2 Å². The highest BCUT2D eigenvalue weighted by molar-refractivity contribution is 4.94. The lowest BCUT2D eigenvalue weighted by molar-refractivity contribution is 0.0121. The summed E-state index contributed by atoms with van der Waals surface area (Å²) in [6.45, 7) is 5.61. The van der Waals surface area contributed by atoms with Crippen LogP contribution >= 0.6 is 0 Å². The zero-order valence-electron chi connectivity index (χ0n) is 9.93. The van der Waals surface area contributed by atoms with E-state index in [1.807, 2.05) is 0 Å². The molecule has 1 N–H and O–H groups in total. The van der Waals surface area contributed by atoms with Gasteiger partial charge < -0.3 is 10.2 Å². The molecule has 2 fully saturated rings. The minimum absolute atomic E-state index is 0.285. The standard InChI is InChI=1S/C12H23FN2/c1-12(13)9-14-6-3-11(12)10-4-7-15(2)8-5-10/h10-11,14H,3-9H2,1-2H3. The highest BCUT2D eigenvalue weighted by Gasteiger charge is 2.41. The number of nitrogens with zero attached hydrogens (tertiary/aromatic N) is 1. The molecule has 2 rings (SSSR count). The van der Waals surface area contributed by atoms with E-state index in [4.69, 9.17) is 0 Å². The smallest absolute Gasteiger partial charge is 0.123 e. The van der Waals surface area contributed by atoms with Gasteiger partial charge in [-0.05, 0) is 64.7 Å². The fraction of sp³-hybridized carbons (Fsp3) is 1.00. The Kier molecular flexibility index (Phi) is 3.31. The monoisotopic (exact) mass is 214 g/mol. The maximum Gasteiger partial charge on any atom is 0.123 e. The third-order valence-corrected chi connectivity index (χ3v) is 4.21. The summed E-state index contributed by atoms with van der Waals surface area (Å²) in [7, 11) is 2.16. The molecule has 0 aromatic carbocycles. The van der Waals surface area contributed by atoms with E-state index in [0.29, 0.717) is 12.5 Å². The molecule has 2 saturated heterocycles. The zero-order valence-corrected chi connectivity index (χ0v) is 9.93. The summed E-state index contributed by atoms with van der Waals surface area (Å²) in [6, 6.07) is 0. The van der Waals surface area contributed by atoms with E-state index in [1.54, 1.807) is 6.92 Å². The topological polar surface area (TPSA) is 15.3 Å². The first-order valence-electron chi connectivity index (χ1n) is 6.18. The molecule has 0 amide bonds. The molecule has 2 nitrogen and oxygen atoms in total. The van der Waals surface area contributed by atoms with Crippen molar-refractivity contribution in [3.63, 3.8) is 0 Å². The van der Waals surface area contributed by atoms with Gasteiger partial charge in [-0.25, -0.2) is 4.39 Å². The molecule has 3 heteroatoms. The number of hydrogen-bond acceptors (Lipinski definition) is 2. The minimum Gasteiger partial charge on any atom is -0.314 e. The molecule has 2 heterocycles. The molecule has 0 saturated carbocycles. The van der Waals surface area contributed by atoms with Crippen LogP contribution in [0, 0.1) is 11.8 Å². The number of rotatable bonds is 1. The van der Waals surface area contributed by atoms with Gasteiger partial charge in [0.1, 0.15) is 5.67 Å². The maximum atomic E-state index is 14.3. The maximum absolute atomic E-state index is 14.3. The quantitative estimate of drug-likeness (QED) is 0.714. The molecule has 2 aliphatic heterocycles. The van der Waals surface area contributed by atoms with E-state index < -0.39 is 5.67 Å². The summed E-state index contributed by atoms with van der Waals surface area (Å²) in [4.78, 5) is 2.35. The van der Waals surface area contributed by atoms with Crippen LogP contribution in [0.1, 0.15) is 26.2 Å². The van der Waals surface area contributed by atoms with Gasteiger partial charge in [-0.3, -0.25) is 0 Å². The molecule has 0 bridgehead atoms. The van der Waals surface area contributed by atoms with Gasteiger partial charge in [0.2, 0.25) is 0 Å². The third-order valence-electron chi connectivity index (χ3n) is 4.21. The van der Waals surface area contributed by atoms with Crippen molar-refractivity contribution in [1.29, 1.82) is 0 Å². The Bertz CT molecular complexity index is 210. The summed E-state index contributed by atoms with van der Waals surface area (Å²) in [5, 5.41) is 3.17. The Hall–Kier alpha value is -0.150. The lowest BCUT2D eigenvalue weighted by atomic mass is 9.72. The molecule has 0 aromatic heterocycles. The highest BCUT2D eigenvalue weighted by atomic mass is 19.1. The lowest BCUT2D eigenvalue weighted by Gasteiger charge is -2.43. The van der Waals surface area contributed by atoms with E-state index in [-0.39, 0.29) is 5.92 Å². The largest absolute Gasteiger partial charge is 0.314 e. The van der Waals surface area contributed by atoms with Crippen LogP contribution in [0.2, 0.25) is 0 Å². The fourth-order valence-electron chi connectivity index (χ4n) is 3.18. The van der Waals surface area contributed by atoms with Gasteiger partial charge in [-0.2, -0.15) is 0 Å². The van der Waals surface area contributed by atoms with Crippen LogP contribution < -0.4 is 5.32 Å². The van der Waals surface area contributed by atoms with Crippen molar-refractivity contribution >= 4 is 0 Å². The van der Waals surface area contributed by atoms with E-state index in [0.717, 1.165) is 26.1 Å². The molecule has 0 aromatic rings. The fourth-order valence-corrected chi connectivity index (χ4v) is 3.18. The number of hydrogen-bond donors (Lipinski definition) is 1. The number of nitrogens with one attached hydrogen (secondary N) is 1. The molecule has 0 spiro atoms. The summed E-state index contributed by atoms with van der Waals surface area (Å²) < 4.78 is 14.3. The molecule has 2 unspecified atom stereocenters. The first-order valence-corrected chi connectivity index (χ1v) is 6.18. The second-order valence-electron chi connectivity index (χ2n) is 5.49. The zero-order chi connectivity index (χ0) is 10.9. The van der Waals surface area contributed by atoms with Crippen LogP contribution in [-0.4, -0.2) is 43.8 Å². The van der Waals surface area contributed by atoms with E-state index in [2.05, 4.69) is 17.3 Å². The summed E-state index contributed by atoms with van der Waals surface area (Å²) in [5.74, 6) is 0.894. The highest BCUT2D eigenvalue weighted by Crippen LogP contribution is 2.38. The molecular formula is C12H23FN2. The van der Waals surface area contributed by atoms with Crippen LogP contribution in [0.3, 0.4) is 0 Å². The number of piperidine rings is 2. The second-order valence-corrected chi connectivity index (χ2v) is 5.49. The van der Waals surface area contributed by atoms with Crippen molar-refractivity contribution in [2.75, 3.05) is 33.2 Å². The molecule has 2 atom stereocenters. The normalized spacial score (nSPS) is 40.6. The van der Waals surface area contributed by atoms with Gasteiger partial charge in [-0.1, -0.05) is 0 Å². The van der Waals surface area contributed by atoms with Crippen LogP contribution in [-0.2, 0) is 0 Å². The number of halogens is 1. The Morgan fingerprint density at radius 3 is 2.53 bits per heavy atom. The minimum atomic E-state index is -0.987. The second kappa shape index (κ2) is 4.38. The van der Waals surface area contributed by atoms with Crippen molar-refractivity contribution in [2.24, 2.45) is 11.8 Å². The van der Waals surface area contributed by atoms with Gasteiger partial charge >= 0.3 is 0 Å². The molecule has 0 aliphatic carbocycles. The molecule has 15 heavy (non-hydrogen) atoms. The van der Waals surface area contributed by atoms with Crippen LogP contribution in [0.5, 0.6) is 0 Å². The summed E-state index contributed by atoms with van der Waals surface area (Å²) in [5.41, 5.74) is -0.987. The molecular weight excluding hydrogens is 191 g/mol. The van der Waals surface area contributed by atoms with Crippen LogP contribution in [0.25, 0.3) is 0 Å². The predicted octanol–water partition coefficient (Wildman–Crippen LogP) is 1.67. The lowest BCUT2D eigenvalue weighted by Crippen LogP contribution is -2.51. The number of likely N-dealkylation sites (tertiary alicyclic amines) is 1. The first kappa shape index (κ1) is 11.3. The van der Waals surface area contributed by atoms with Crippen LogP contribution in [0.4, 0.5) is 4.39 Å². The Labute approximate surface area is 92.2 Å². The first-order chi connectivity index (χ1) is 7.09. The Balaban J connectivity index is 1.96. The van der Waals surface area contributed by atoms with Gasteiger partial charge in [0.05, 0.1) is 0 Å². The average Bonchev–Trinajstić information content (AvgIpc) is 2.19. The summed E-state index contributed by atoms with van der Waals surface area (Å²) in [6.07, 6.45) is 3.38. The predicted molar refractivity (Wildman–Crippen MR) is 60.7 cm³/mol. The van der Waals surface area contributed by atoms with E-state index >= 15 is 0 Å². The third kappa shape index (κ3) is 2.51. The van der Waals surface area contributed by atoms with E-state index in [9.17, 15) is 4.39 Å². The van der Waals surface area contributed by atoms with Crippen molar-refractivity contribution in [3.05, 3.63) is 0 Å². The SMILES string of the molecule is CN1CCC(C2CCNCC2(C)F)CC1. The number of alkyl halides is 1. The Morgan fingerprint density at radius 1 is 1.27 bits per heavy atom. The van der Waals surface area contributed by atoms with Gasteiger partial charge in [0.15, 0.2) is 0 Å². The van der Waals surface area contributed by atoms with Crippen molar-refractivity contribution in [3.8, 4) is 0 Å². The van der Waals surface area contributed by atoms with Gasteiger partial charge in [-0.15, -0.1) is 0 Å². The van der Waals surface area contributed by atoms with Gasteiger partial charge in [0, 0.05) is 6.54 Å². The Morgan fingerprint density at radius 2 is 1.93 bits per heavy atom. The van der Waals surface area contributed by atoms with Crippen LogP contribution in [0.15, 0.2) is 0 Å². The molecule has 88 valence electrons. The van der Waals surface area contributed by atoms with Crippen molar-refractivity contribution < 1.29 is 4.39 Å².